The standard InChI is InChI=1S/C26H26N4O3S/c1-33-22-8-3-2-6-18(22)9-11-24(31)29-26-21(16-27)20-13-15-30(17-23(20)34-26)25(32)12-10-19-7-4-5-14-28-19/h2-8,14H,9-13,15,17H2,1H3,(H,29,31). The molecule has 0 atom stereocenters. The molecule has 0 fully saturated rings. The average Bonchev–Trinajstić information content (AvgIpc) is 3.22. The van der Waals surface area contributed by atoms with E-state index >= 15 is 0 Å². The highest BCUT2D eigenvalue weighted by molar-refractivity contribution is 7.16. The van der Waals surface area contributed by atoms with Gasteiger partial charge in [-0.2, -0.15) is 5.26 Å². The van der Waals surface area contributed by atoms with Crippen LogP contribution in [0.5, 0.6) is 5.75 Å². The predicted octanol–water partition coefficient (Wildman–Crippen LogP) is 4.11. The van der Waals surface area contributed by atoms with Crippen LogP contribution in [-0.2, 0) is 35.4 Å². The lowest BCUT2D eigenvalue weighted by Crippen LogP contribution is -2.35. The van der Waals surface area contributed by atoms with E-state index in [-0.39, 0.29) is 18.2 Å². The minimum absolute atomic E-state index is 0.0746. The van der Waals surface area contributed by atoms with Gasteiger partial charge in [-0.15, -0.1) is 11.3 Å². The highest BCUT2D eigenvalue weighted by Crippen LogP contribution is 2.37. The number of para-hydroxylation sites is 1. The van der Waals surface area contributed by atoms with Crippen LogP contribution in [0, 0.1) is 11.3 Å². The molecule has 0 saturated carbocycles. The quantitative estimate of drug-likeness (QED) is 0.530. The zero-order valence-electron chi connectivity index (χ0n) is 19.0. The van der Waals surface area contributed by atoms with Gasteiger partial charge in [0.15, 0.2) is 0 Å². The molecule has 2 amide bonds. The molecule has 8 heteroatoms. The number of hydrogen-bond acceptors (Lipinski definition) is 6. The van der Waals surface area contributed by atoms with Gasteiger partial charge in [-0.1, -0.05) is 24.3 Å². The van der Waals surface area contributed by atoms with Crippen molar-refractivity contribution in [1.82, 2.24) is 9.88 Å². The summed E-state index contributed by atoms with van der Waals surface area (Å²) in [6.45, 7) is 1.04. The smallest absolute Gasteiger partial charge is 0.225 e. The fraction of sp³-hybridized carbons (Fsp3) is 0.308. The second kappa shape index (κ2) is 10.9. The number of amides is 2. The van der Waals surface area contributed by atoms with E-state index in [1.54, 1.807) is 13.3 Å². The molecule has 0 bridgehead atoms. The van der Waals surface area contributed by atoms with E-state index in [4.69, 9.17) is 4.74 Å². The lowest BCUT2D eigenvalue weighted by Gasteiger charge is -2.27. The number of carbonyl (C=O) groups is 2. The molecule has 7 nitrogen and oxygen atoms in total. The van der Waals surface area contributed by atoms with E-state index < -0.39 is 0 Å². The Morgan fingerprint density at radius 2 is 2.00 bits per heavy atom. The van der Waals surface area contributed by atoms with Gasteiger partial charge in [0.2, 0.25) is 11.8 Å². The van der Waals surface area contributed by atoms with Crippen LogP contribution in [0.3, 0.4) is 0 Å². The Morgan fingerprint density at radius 1 is 1.18 bits per heavy atom. The number of rotatable bonds is 8. The minimum atomic E-state index is -0.149. The molecule has 34 heavy (non-hydrogen) atoms. The highest BCUT2D eigenvalue weighted by atomic mass is 32.1. The summed E-state index contributed by atoms with van der Waals surface area (Å²) in [6, 6.07) is 15.6. The van der Waals surface area contributed by atoms with Crippen LogP contribution in [-0.4, -0.2) is 35.4 Å². The summed E-state index contributed by atoms with van der Waals surface area (Å²) in [6.07, 6.45) is 4.17. The zero-order chi connectivity index (χ0) is 23.9. The van der Waals surface area contributed by atoms with E-state index in [2.05, 4.69) is 16.4 Å². The summed E-state index contributed by atoms with van der Waals surface area (Å²) in [5.41, 5.74) is 3.33. The molecule has 3 aromatic rings. The van der Waals surface area contributed by atoms with Crippen LogP contribution in [0.4, 0.5) is 5.00 Å². The lowest BCUT2D eigenvalue weighted by molar-refractivity contribution is -0.132. The molecular formula is C26H26N4O3S. The third-order valence-corrected chi connectivity index (χ3v) is 7.04. The Bertz CT molecular complexity index is 1220. The Morgan fingerprint density at radius 3 is 2.76 bits per heavy atom. The molecule has 1 aromatic carbocycles. The summed E-state index contributed by atoms with van der Waals surface area (Å²) >= 11 is 1.39. The van der Waals surface area contributed by atoms with Gasteiger partial charge in [0.25, 0.3) is 0 Å². The molecule has 1 aliphatic heterocycles. The molecule has 2 aromatic heterocycles. The number of anilines is 1. The van der Waals surface area contributed by atoms with Gasteiger partial charge in [-0.05, 0) is 48.6 Å². The normalized spacial score (nSPS) is 12.5. The fourth-order valence-corrected chi connectivity index (χ4v) is 5.34. The van der Waals surface area contributed by atoms with Crippen molar-refractivity contribution in [3.05, 3.63) is 75.9 Å². The molecule has 0 spiro atoms. The number of thiophene rings is 1. The number of nitriles is 1. The minimum Gasteiger partial charge on any atom is -0.496 e. The van der Waals surface area contributed by atoms with Crippen molar-refractivity contribution in [3.63, 3.8) is 0 Å². The number of methoxy groups -OCH3 is 1. The predicted molar refractivity (Wildman–Crippen MR) is 131 cm³/mol. The number of aryl methyl sites for hydroxylation is 2. The number of aromatic nitrogens is 1. The Labute approximate surface area is 203 Å². The largest absolute Gasteiger partial charge is 0.496 e. The second-order valence-corrected chi connectivity index (χ2v) is 9.17. The first-order valence-corrected chi connectivity index (χ1v) is 12.0. The van der Waals surface area contributed by atoms with Crippen LogP contribution in [0.25, 0.3) is 0 Å². The van der Waals surface area contributed by atoms with Crippen molar-refractivity contribution in [3.8, 4) is 11.8 Å². The maximum atomic E-state index is 12.8. The number of nitrogens with zero attached hydrogens (tertiary/aromatic N) is 3. The van der Waals surface area contributed by atoms with Crippen LogP contribution < -0.4 is 10.1 Å². The van der Waals surface area contributed by atoms with Crippen LogP contribution in [0.2, 0.25) is 0 Å². The Balaban J connectivity index is 1.37. The number of fused-ring (bicyclic) bond motifs is 1. The first-order valence-electron chi connectivity index (χ1n) is 11.2. The molecule has 0 aliphatic carbocycles. The van der Waals surface area contributed by atoms with Crippen LogP contribution in [0.1, 0.15) is 40.1 Å². The van der Waals surface area contributed by atoms with E-state index in [9.17, 15) is 14.9 Å². The summed E-state index contributed by atoms with van der Waals surface area (Å²) in [4.78, 5) is 32.5. The molecule has 1 N–H and O–H groups in total. The number of benzene rings is 1. The fourth-order valence-electron chi connectivity index (χ4n) is 4.11. The van der Waals surface area contributed by atoms with E-state index in [0.717, 1.165) is 27.4 Å². The van der Waals surface area contributed by atoms with Gasteiger partial charge in [-0.3, -0.25) is 14.6 Å². The van der Waals surface area contributed by atoms with Crippen molar-refractivity contribution in [1.29, 1.82) is 5.26 Å². The maximum Gasteiger partial charge on any atom is 0.225 e. The van der Waals surface area contributed by atoms with Crippen molar-refractivity contribution in [2.45, 2.75) is 38.6 Å². The summed E-state index contributed by atoms with van der Waals surface area (Å²) in [7, 11) is 1.61. The van der Waals surface area contributed by atoms with Gasteiger partial charge in [-0.25, -0.2) is 0 Å². The monoisotopic (exact) mass is 474 g/mol. The molecule has 1 aliphatic rings. The lowest BCUT2D eigenvalue weighted by atomic mass is 10.0. The number of carbonyl (C=O) groups excluding carboxylic acids is 2. The molecule has 0 saturated heterocycles. The zero-order valence-corrected chi connectivity index (χ0v) is 19.9. The van der Waals surface area contributed by atoms with E-state index in [1.807, 2.05) is 47.4 Å². The topological polar surface area (TPSA) is 95.3 Å². The summed E-state index contributed by atoms with van der Waals surface area (Å²) in [5.74, 6) is 0.683. The van der Waals surface area contributed by atoms with E-state index in [1.165, 1.54) is 11.3 Å². The number of nitrogens with one attached hydrogen (secondary N) is 1. The Hall–Kier alpha value is -3.70. The summed E-state index contributed by atoms with van der Waals surface area (Å²) < 4.78 is 5.35. The van der Waals surface area contributed by atoms with Gasteiger partial charge in [0.05, 0.1) is 19.2 Å². The van der Waals surface area contributed by atoms with Crippen molar-refractivity contribution < 1.29 is 14.3 Å². The summed E-state index contributed by atoms with van der Waals surface area (Å²) in [5, 5.41) is 13.2. The molecule has 0 radical (unpaired) electrons. The Kier molecular flexibility index (Phi) is 7.55. The molecule has 4 rings (SSSR count). The third-order valence-electron chi connectivity index (χ3n) is 5.91. The van der Waals surface area contributed by atoms with Crippen LogP contribution in [0.15, 0.2) is 48.7 Å². The van der Waals surface area contributed by atoms with Gasteiger partial charge < -0.3 is 15.0 Å². The first-order chi connectivity index (χ1) is 16.6. The van der Waals surface area contributed by atoms with Crippen molar-refractivity contribution in [2.75, 3.05) is 19.0 Å². The second-order valence-electron chi connectivity index (χ2n) is 8.07. The van der Waals surface area contributed by atoms with Crippen molar-refractivity contribution in [2.24, 2.45) is 0 Å². The van der Waals surface area contributed by atoms with Gasteiger partial charge in [0, 0.05) is 36.2 Å². The SMILES string of the molecule is COc1ccccc1CCC(=O)Nc1sc2c(c1C#N)CCN(C(=O)CCc1ccccn1)C2. The van der Waals surface area contributed by atoms with Gasteiger partial charge >= 0.3 is 0 Å². The molecule has 3 heterocycles. The van der Waals surface area contributed by atoms with Gasteiger partial charge in [0.1, 0.15) is 16.8 Å². The maximum absolute atomic E-state index is 12.8. The molecule has 174 valence electrons. The van der Waals surface area contributed by atoms with Crippen molar-refractivity contribution >= 4 is 28.2 Å². The molecular weight excluding hydrogens is 448 g/mol. The van der Waals surface area contributed by atoms with Crippen LogP contribution >= 0.6 is 11.3 Å². The highest BCUT2D eigenvalue weighted by Gasteiger charge is 2.27. The first kappa shape index (κ1) is 23.5. The average molecular weight is 475 g/mol. The number of hydrogen-bond donors (Lipinski definition) is 1. The molecule has 0 unspecified atom stereocenters. The number of pyridine rings is 1. The van der Waals surface area contributed by atoms with E-state index in [0.29, 0.717) is 49.3 Å². The number of ether oxygens (including phenoxy) is 1. The third kappa shape index (κ3) is 5.43.